The first-order valence-corrected chi connectivity index (χ1v) is 8.72. The average Bonchev–Trinajstić information content (AvgIpc) is 2.64. The van der Waals surface area contributed by atoms with E-state index in [2.05, 4.69) is 26.5 Å². The Kier molecular flexibility index (Phi) is 7.29. The number of nitrogens with one attached hydrogen (secondary N) is 1. The first kappa shape index (κ1) is 20.1. The van der Waals surface area contributed by atoms with Crippen LogP contribution in [0.15, 0.2) is 39.9 Å². The Balaban J connectivity index is 2.06. The smallest absolute Gasteiger partial charge is 0.244 e. The second-order valence-corrected chi connectivity index (χ2v) is 6.33. The van der Waals surface area contributed by atoms with Crippen LogP contribution in [-0.2, 0) is 11.2 Å². The molecular formula is C18H18BrClN2O4. The third kappa shape index (κ3) is 4.89. The number of methoxy groups -OCH3 is 3. The third-order valence-corrected chi connectivity index (χ3v) is 4.70. The van der Waals surface area contributed by atoms with Gasteiger partial charge in [0.25, 0.3) is 0 Å². The Hall–Kier alpha value is -2.25. The molecule has 26 heavy (non-hydrogen) atoms. The van der Waals surface area contributed by atoms with Gasteiger partial charge in [0.15, 0.2) is 11.5 Å². The number of ether oxygens (including phenoxy) is 3. The highest BCUT2D eigenvalue weighted by Gasteiger charge is 2.12. The van der Waals surface area contributed by atoms with Crippen molar-refractivity contribution < 1.29 is 19.0 Å². The minimum atomic E-state index is -0.298. The Morgan fingerprint density at radius 1 is 1.19 bits per heavy atom. The molecule has 0 aromatic heterocycles. The third-order valence-electron chi connectivity index (χ3n) is 3.51. The summed E-state index contributed by atoms with van der Waals surface area (Å²) >= 11 is 9.54. The number of nitrogens with zero attached hydrogens (tertiary/aromatic N) is 1. The van der Waals surface area contributed by atoms with Gasteiger partial charge in [-0.3, -0.25) is 4.79 Å². The number of hydrogen-bond acceptors (Lipinski definition) is 5. The van der Waals surface area contributed by atoms with Crippen LogP contribution in [0.1, 0.15) is 11.1 Å². The quantitative estimate of drug-likeness (QED) is 0.524. The van der Waals surface area contributed by atoms with E-state index < -0.39 is 0 Å². The van der Waals surface area contributed by atoms with Gasteiger partial charge in [-0.05, 0) is 51.8 Å². The number of amides is 1. The molecule has 0 heterocycles. The normalized spacial score (nSPS) is 10.7. The minimum Gasteiger partial charge on any atom is -0.497 e. The predicted molar refractivity (Wildman–Crippen MR) is 105 cm³/mol. The van der Waals surface area contributed by atoms with E-state index in [-0.39, 0.29) is 12.3 Å². The largest absolute Gasteiger partial charge is 0.497 e. The van der Waals surface area contributed by atoms with Gasteiger partial charge in [0.1, 0.15) is 5.75 Å². The zero-order chi connectivity index (χ0) is 19.1. The Bertz CT molecular complexity index is 827. The number of hydrogen-bond donors (Lipinski definition) is 1. The molecule has 1 amide bonds. The van der Waals surface area contributed by atoms with Crippen LogP contribution in [0.3, 0.4) is 0 Å². The lowest BCUT2D eigenvalue weighted by molar-refractivity contribution is -0.120. The molecule has 1 N–H and O–H groups in total. The number of hydrazone groups is 1. The van der Waals surface area contributed by atoms with Crippen molar-refractivity contribution in [2.45, 2.75) is 6.42 Å². The summed E-state index contributed by atoms with van der Waals surface area (Å²) < 4.78 is 16.3. The SMILES string of the molecule is COc1ccc(Cl)c(CC(=O)N/N=C/c2ccc(OC)c(OC)c2Br)c1. The summed E-state index contributed by atoms with van der Waals surface area (Å²) in [6.07, 6.45) is 1.59. The van der Waals surface area contributed by atoms with Crippen LogP contribution >= 0.6 is 27.5 Å². The van der Waals surface area contributed by atoms with Crippen molar-refractivity contribution in [2.24, 2.45) is 5.10 Å². The Labute approximate surface area is 165 Å². The maximum absolute atomic E-state index is 12.1. The lowest BCUT2D eigenvalue weighted by Crippen LogP contribution is -2.20. The molecule has 2 aromatic carbocycles. The molecular weight excluding hydrogens is 424 g/mol. The molecule has 0 aliphatic heterocycles. The van der Waals surface area contributed by atoms with Gasteiger partial charge in [0, 0.05) is 10.6 Å². The summed E-state index contributed by atoms with van der Waals surface area (Å²) in [5, 5.41) is 4.47. The minimum absolute atomic E-state index is 0.0838. The van der Waals surface area contributed by atoms with Gasteiger partial charge in [0.05, 0.1) is 38.4 Å². The number of carbonyl (C=O) groups excluding carboxylic acids is 1. The molecule has 0 spiro atoms. The van der Waals surface area contributed by atoms with Crippen LogP contribution in [0, 0.1) is 0 Å². The summed E-state index contributed by atoms with van der Waals surface area (Å²) in [6.45, 7) is 0. The van der Waals surface area contributed by atoms with E-state index in [9.17, 15) is 4.79 Å². The van der Waals surface area contributed by atoms with E-state index in [0.29, 0.717) is 32.3 Å². The van der Waals surface area contributed by atoms with Crippen molar-refractivity contribution in [2.75, 3.05) is 21.3 Å². The molecule has 2 rings (SSSR count). The van der Waals surface area contributed by atoms with Crippen LogP contribution in [0.2, 0.25) is 5.02 Å². The molecule has 0 radical (unpaired) electrons. The first-order chi connectivity index (χ1) is 12.5. The fourth-order valence-corrected chi connectivity index (χ4v) is 2.98. The number of rotatable bonds is 7. The van der Waals surface area contributed by atoms with Gasteiger partial charge in [0.2, 0.25) is 5.91 Å². The van der Waals surface area contributed by atoms with Gasteiger partial charge in [-0.1, -0.05) is 11.6 Å². The van der Waals surface area contributed by atoms with Gasteiger partial charge in [-0.2, -0.15) is 5.10 Å². The van der Waals surface area contributed by atoms with E-state index >= 15 is 0 Å². The van der Waals surface area contributed by atoms with Crippen molar-refractivity contribution in [3.63, 3.8) is 0 Å². The van der Waals surface area contributed by atoms with Gasteiger partial charge in [-0.25, -0.2) is 5.43 Å². The summed E-state index contributed by atoms with van der Waals surface area (Å²) in [7, 11) is 4.66. The molecule has 0 aliphatic rings. The molecule has 0 bridgehead atoms. The van der Waals surface area contributed by atoms with Crippen LogP contribution in [0.5, 0.6) is 17.2 Å². The van der Waals surface area contributed by atoms with Gasteiger partial charge < -0.3 is 14.2 Å². The van der Waals surface area contributed by atoms with E-state index in [1.165, 1.54) is 6.21 Å². The predicted octanol–water partition coefficient (Wildman–Crippen LogP) is 3.82. The van der Waals surface area contributed by atoms with Crippen LogP contribution in [0.4, 0.5) is 0 Å². The maximum Gasteiger partial charge on any atom is 0.244 e. The lowest BCUT2D eigenvalue weighted by atomic mass is 10.1. The zero-order valence-corrected chi connectivity index (χ0v) is 16.8. The number of carbonyl (C=O) groups is 1. The highest BCUT2D eigenvalue weighted by atomic mass is 79.9. The second kappa shape index (κ2) is 9.45. The monoisotopic (exact) mass is 440 g/mol. The zero-order valence-electron chi connectivity index (χ0n) is 14.5. The fourth-order valence-electron chi connectivity index (χ4n) is 2.20. The lowest BCUT2D eigenvalue weighted by Gasteiger charge is -2.10. The van der Waals surface area contributed by atoms with E-state index in [1.807, 2.05) is 0 Å². The number of benzene rings is 2. The summed E-state index contributed by atoms with van der Waals surface area (Å²) in [6, 6.07) is 8.68. The molecule has 8 heteroatoms. The van der Waals surface area contributed by atoms with Crippen LogP contribution < -0.4 is 19.6 Å². The van der Waals surface area contributed by atoms with Crippen LogP contribution in [-0.4, -0.2) is 33.5 Å². The summed E-state index contributed by atoms with van der Waals surface area (Å²) in [5.74, 6) is 1.47. The summed E-state index contributed by atoms with van der Waals surface area (Å²) in [4.78, 5) is 12.1. The van der Waals surface area contributed by atoms with Crippen molar-refractivity contribution >= 4 is 39.7 Å². The Morgan fingerprint density at radius 3 is 2.62 bits per heavy atom. The van der Waals surface area contributed by atoms with Crippen molar-refractivity contribution in [3.05, 3.63) is 51.0 Å². The summed E-state index contributed by atoms with van der Waals surface area (Å²) in [5.41, 5.74) is 3.86. The molecule has 2 aromatic rings. The van der Waals surface area contributed by atoms with Gasteiger partial charge >= 0.3 is 0 Å². The topological polar surface area (TPSA) is 69.2 Å². The fraction of sp³-hybridized carbons (Fsp3) is 0.222. The molecule has 6 nitrogen and oxygen atoms in total. The number of halogens is 2. The molecule has 0 unspecified atom stereocenters. The highest BCUT2D eigenvalue weighted by Crippen LogP contribution is 2.36. The van der Waals surface area contributed by atoms with Gasteiger partial charge in [-0.15, -0.1) is 0 Å². The van der Waals surface area contributed by atoms with E-state index in [0.717, 1.165) is 5.56 Å². The molecule has 0 saturated carbocycles. The highest BCUT2D eigenvalue weighted by molar-refractivity contribution is 9.10. The van der Waals surface area contributed by atoms with E-state index in [1.54, 1.807) is 51.7 Å². The second-order valence-electron chi connectivity index (χ2n) is 5.13. The van der Waals surface area contributed by atoms with E-state index in [4.69, 9.17) is 25.8 Å². The molecule has 0 fully saturated rings. The molecule has 0 atom stereocenters. The molecule has 0 aliphatic carbocycles. The van der Waals surface area contributed by atoms with Crippen molar-refractivity contribution in [1.82, 2.24) is 5.43 Å². The maximum atomic E-state index is 12.1. The van der Waals surface area contributed by atoms with Crippen molar-refractivity contribution in [3.8, 4) is 17.2 Å². The van der Waals surface area contributed by atoms with Crippen molar-refractivity contribution in [1.29, 1.82) is 0 Å². The molecule has 138 valence electrons. The average molecular weight is 442 g/mol. The Morgan fingerprint density at radius 2 is 1.96 bits per heavy atom. The molecule has 0 saturated heterocycles. The standard InChI is InChI=1S/C18H18BrClN2O4/c1-24-13-5-6-14(20)12(8-13)9-16(23)22-21-10-11-4-7-15(25-2)18(26-3)17(11)19/h4-8,10H,9H2,1-3H3,(H,22,23)/b21-10+. The first-order valence-electron chi connectivity index (χ1n) is 7.55. The van der Waals surface area contributed by atoms with Crippen LogP contribution in [0.25, 0.3) is 0 Å².